The van der Waals surface area contributed by atoms with Gasteiger partial charge in [0.1, 0.15) is 18.6 Å². The number of esters is 1. The lowest BCUT2D eigenvalue weighted by Crippen LogP contribution is -2.60. The molecular weight excluding hydrogens is 324 g/mol. The first kappa shape index (κ1) is 18.1. The Balaban J connectivity index is 2.03. The van der Waals surface area contributed by atoms with Gasteiger partial charge >= 0.3 is 12.1 Å². The normalized spacial score (nSPS) is 22.8. The average Bonchev–Trinajstić information content (AvgIpc) is 2.56. The molecule has 1 N–H and O–H groups in total. The molecule has 1 aromatic rings. The molecule has 2 unspecified atom stereocenters. The summed E-state index contributed by atoms with van der Waals surface area (Å²) in [5.74, 6) is -6.11. The number of benzene rings is 1. The molecule has 2 rings (SSSR count). The summed E-state index contributed by atoms with van der Waals surface area (Å²) in [6.07, 6.45) is -3.17. The number of likely N-dealkylation sites (tertiary alicyclic amines) is 1. The minimum atomic E-state index is -3.62. The van der Waals surface area contributed by atoms with E-state index in [0.717, 1.165) is 4.90 Å². The topological polar surface area (TPSA) is 76.1 Å². The third-order valence-corrected chi connectivity index (χ3v) is 3.69. The van der Waals surface area contributed by atoms with E-state index in [1.807, 2.05) is 0 Å². The number of nitrogens with zero attached hydrogens (tertiary/aromatic N) is 1. The molecule has 0 radical (unpaired) electrons. The van der Waals surface area contributed by atoms with Gasteiger partial charge in [-0.15, -0.1) is 0 Å². The van der Waals surface area contributed by atoms with Gasteiger partial charge in [-0.3, -0.25) is 4.79 Å². The van der Waals surface area contributed by atoms with Crippen LogP contribution in [0.3, 0.4) is 0 Å². The number of carbonyl (C=O) groups excluding carboxylic acids is 2. The molecular formula is C16H19F2NO5. The molecule has 1 saturated heterocycles. The largest absolute Gasteiger partial charge is 0.466 e. The summed E-state index contributed by atoms with van der Waals surface area (Å²) < 4.78 is 37.5. The third-order valence-electron chi connectivity index (χ3n) is 3.69. The average molecular weight is 343 g/mol. The SMILES string of the molecule is CCOC(=O)C1CN(C(=O)OCc2ccccc2)CC(F)(F)C1O. The first-order valence-electron chi connectivity index (χ1n) is 7.53. The van der Waals surface area contributed by atoms with E-state index < -0.39 is 36.6 Å². The van der Waals surface area contributed by atoms with Crippen molar-refractivity contribution in [3.63, 3.8) is 0 Å². The molecule has 0 spiro atoms. The van der Waals surface area contributed by atoms with Gasteiger partial charge in [-0.2, -0.15) is 0 Å². The molecule has 1 heterocycles. The quantitative estimate of drug-likeness (QED) is 0.844. The van der Waals surface area contributed by atoms with Crippen molar-refractivity contribution in [1.29, 1.82) is 0 Å². The van der Waals surface area contributed by atoms with E-state index in [1.54, 1.807) is 30.3 Å². The molecule has 1 aliphatic rings. The van der Waals surface area contributed by atoms with E-state index in [1.165, 1.54) is 6.92 Å². The van der Waals surface area contributed by atoms with Gasteiger partial charge in [-0.05, 0) is 12.5 Å². The maximum absolute atomic E-state index is 13.9. The van der Waals surface area contributed by atoms with Crippen molar-refractivity contribution in [2.24, 2.45) is 5.92 Å². The summed E-state index contributed by atoms with van der Waals surface area (Å²) in [5, 5.41) is 9.67. The van der Waals surface area contributed by atoms with Crippen LogP contribution in [0.4, 0.5) is 13.6 Å². The predicted molar refractivity (Wildman–Crippen MR) is 79.3 cm³/mol. The molecule has 24 heavy (non-hydrogen) atoms. The maximum atomic E-state index is 13.9. The fourth-order valence-electron chi connectivity index (χ4n) is 2.45. The molecule has 132 valence electrons. The number of carbonyl (C=O) groups is 2. The number of aliphatic hydroxyl groups excluding tert-OH is 1. The highest BCUT2D eigenvalue weighted by Crippen LogP contribution is 2.32. The number of amides is 1. The molecule has 6 nitrogen and oxygen atoms in total. The molecule has 0 saturated carbocycles. The van der Waals surface area contributed by atoms with Crippen molar-refractivity contribution >= 4 is 12.1 Å². The Morgan fingerprint density at radius 2 is 1.96 bits per heavy atom. The molecule has 1 aromatic carbocycles. The number of rotatable bonds is 4. The van der Waals surface area contributed by atoms with Gasteiger partial charge in [0.2, 0.25) is 0 Å². The molecule has 0 aromatic heterocycles. The lowest BCUT2D eigenvalue weighted by atomic mass is 9.92. The Labute approximate surface area is 138 Å². The number of hydrogen-bond donors (Lipinski definition) is 1. The lowest BCUT2D eigenvalue weighted by molar-refractivity contribution is -0.189. The highest BCUT2D eigenvalue weighted by Gasteiger charge is 2.53. The van der Waals surface area contributed by atoms with Gasteiger partial charge in [0.25, 0.3) is 5.92 Å². The van der Waals surface area contributed by atoms with Crippen LogP contribution in [0.1, 0.15) is 12.5 Å². The van der Waals surface area contributed by atoms with Crippen molar-refractivity contribution < 1.29 is 33.0 Å². The summed E-state index contributed by atoms with van der Waals surface area (Å²) in [6.45, 7) is 0.0402. The van der Waals surface area contributed by atoms with Crippen molar-refractivity contribution in [2.75, 3.05) is 19.7 Å². The van der Waals surface area contributed by atoms with Gasteiger partial charge in [-0.25, -0.2) is 13.6 Å². The molecule has 8 heteroatoms. The minimum absolute atomic E-state index is 0.00786. The van der Waals surface area contributed by atoms with Gasteiger partial charge in [0.15, 0.2) is 0 Å². The highest BCUT2D eigenvalue weighted by atomic mass is 19.3. The number of alkyl halides is 2. The number of piperidine rings is 1. The summed E-state index contributed by atoms with van der Waals surface area (Å²) in [5.41, 5.74) is 0.705. The minimum Gasteiger partial charge on any atom is -0.466 e. The first-order chi connectivity index (χ1) is 11.3. The summed E-state index contributed by atoms with van der Waals surface area (Å²) in [6, 6.07) is 8.76. The predicted octanol–water partition coefficient (Wildman–Crippen LogP) is 1.81. The standard InChI is InChI=1S/C16H19F2NO5/c1-2-23-14(21)12-8-19(10-16(17,18)13(12)20)15(22)24-9-11-6-4-3-5-7-11/h3-7,12-13,20H,2,8-10H2,1H3. The third kappa shape index (κ3) is 4.19. The molecule has 1 fully saturated rings. The lowest BCUT2D eigenvalue weighted by Gasteiger charge is -2.39. The van der Waals surface area contributed by atoms with E-state index in [4.69, 9.17) is 9.47 Å². The van der Waals surface area contributed by atoms with Gasteiger partial charge < -0.3 is 19.5 Å². The number of hydrogen-bond acceptors (Lipinski definition) is 5. The van der Waals surface area contributed by atoms with Crippen molar-refractivity contribution in [2.45, 2.75) is 25.6 Å². The van der Waals surface area contributed by atoms with Crippen molar-refractivity contribution in [3.05, 3.63) is 35.9 Å². The Hall–Kier alpha value is -2.22. The van der Waals surface area contributed by atoms with Gasteiger partial charge in [-0.1, -0.05) is 30.3 Å². The van der Waals surface area contributed by atoms with Crippen LogP contribution in [0.25, 0.3) is 0 Å². The second kappa shape index (κ2) is 7.57. The second-order valence-corrected chi connectivity index (χ2v) is 5.49. The zero-order valence-electron chi connectivity index (χ0n) is 13.2. The first-order valence-corrected chi connectivity index (χ1v) is 7.53. The molecule has 0 bridgehead atoms. The number of halogens is 2. The highest BCUT2D eigenvalue weighted by molar-refractivity contribution is 5.76. The van der Waals surface area contributed by atoms with Crippen LogP contribution in [-0.4, -0.2) is 53.8 Å². The van der Waals surface area contributed by atoms with Crippen molar-refractivity contribution in [1.82, 2.24) is 4.90 Å². The number of aliphatic hydroxyl groups is 1. The van der Waals surface area contributed by atoms with E-state index in [2.05, 4.69) is 0 Å². The zero-order chi connectivity index (χ0) is 17.7. The monoisotopic (exact) mass is 343 g/mol. The van der Waals surface area contributed by atoms with Crippen LogP contribution >= 0.6 is 0 Å². The Morgan fingerprint density at radius 3 is 2.58 bits per heavy atom. The number of ether oxygens (including phenoxy) is 2. The summed E-state index contributed by atoms with van der Waals surface area (Å²) in [7, 11) is 0. The van der Waals surface area contributed by atoms with E-state index in [9.17, 15) is 23.5 Å². The molecule has 0 aliphatic carbocycles. The van der Waals surface area contributed by atoms with Crippen LogP contribution in [0.2, 0.25) is 0 Å². The van der Waals surface area contributed by atoms with Crippen LogP contribution in [0.5, 0.6) is 0 Å². The smallest absolute Gasteiger partial charge is 0.410 e. The fraction of sp³-hybridized carbons (Fsp3) is 0.500. The molecule has 1 amide bonds. The van der Waals surface area contributed by atoms with Crippen LogP contribution in [-0.2, 0) is 20.9 Å². The van der Waals surface area contributed by atoms with Crippen LogP contribution in [0, 0.1) is 5.92 Å². The fourth-order valence-corrected chi connectivity index (χ4v) is 2.45. The summed E-state index contributed by atoms with van der Waals surface area (Å²) >= 11 is 0. The van der Waals surface area contributed by atoms with Gasteiger partial charge in [0, 0.05) is 6.54 Å². The second-order valence-electron chi connectivity index (χ2n) is 5.49. The van der Waals surface area contributed by atoms with E-state index in [-0.39, 0.29) is 19.8 Å². The Bertz CT molecular complexity index is 581. The van der Waals surface area contributed by atoms with Crippen LogP contribution < -0.4 is 0 Å². The van der Waals surface area contributed by atoms with Gasteiger partial charge in [0.05, 0.1) is 13.2 Å². The van der Waals surface area contributed by atoms with Crippen LogP contribution in [0.15, 0.2) is 30.3 Å². The maximum Gasteiger partial charge on any atom is 0.410 e. The van der Waals surface area contributed by atoms with E-state index in [0.29, 0.717) is 5.56 Å². The Kier molecular flexibility index (Phi) is 5.71. The van der Waals surface area contributed by atoms with Crippen molar-refractivity contribution in [3.8, 4) is 0 Å². The zero-order valence-corrected chi connectivity index (χ0v) is 13.2. The molecule has 2 atom stereocenters. The Morgan fingerprint density at radius 1 is 1.29 bits per heavy atom. The summed E-state index contributed by atoms with van der Waals surface area (Å²) in [4.78, 5) is 24.5. The van der Waals surface area contributed by atoms with E-state index >= 15 is 0 Å². The molecule has 1 aliphatic heterocycles.